The maximum absolute atomic E-state index is 13.3. The van der Waals surface area contributed by atoms with Gasteiger partial charge in [0.2, 0.25) is 5.91 Å². The third kappa shape index (κ3) is 4.65. The van der Waals surface area contributed by atoms with E-state index < -0.39 is 17.9 Å². The molecule has 2 heterocycles. The van der Waals surface area contributed by atoms with Gasteiger partial charge in [0.1, 0.15) is 16.9 Å². The number of rotatable bonds is 5. The number of carbonyl (C=O) groups excluding carboxylic acids is 2. The first kappa shape index (κ1) is 20.0. The van der Waals surface area contributed by atoms with Crippen molar-refractivity contribution in [3.63, 3.8) is 0 Å². The van der Waals surface area contributed by atoms with Crippen LogP contribution in [-0.2, 0) is 11.3 Å². The Balaban J connectivity index is 1.35. The van der Waals surface area contributed by atoms with E-state index in [2.05, 4.69) is 15.6 Å². The van der Waals surface area contributed by atoms with Crippen molar-refractivity contribution in [1.82, 2.24) is 15.2 Å². The quantitative estimate of drug-likeness (QED) is 0.643. The number of nitrogens with zero attached hydrogens (tertiary/aromatic N) is 2. The van der Waals surface area contributed by atoms with Gasteiger partial charge in [-0.25, -0.2) is 14.2 Å². The molecule has 0 spiro atoms. The van der Waals surface area contributed by atoms with Crippen molar-refractivity contribution in [1.29, 1.82) is 0 Å². The van der Waals surface area contributed by atoms with E-state index in [1.807, 2.05) is 35.7 Å². The number of urea groups is 1. The number of benzene rings is 2. The average molecular weight is 425 g/mol. The Hall–Kier alpha value is -3.26. The molecule has 8 heteroatoms. The zero-order chi connectivity index (χ0) is 20.9. The minimum Gasteiger partial charge on any atom is -0.349 e. The van der Waals surface area contributed by atoms with E-state index in [1.165, 1.54) is 34.4 Å². The van der Waals surface area contributed by atoms with Crippen LogP contribution in [0.15, 0.2) is 60.0 Å². The van der Waals surface area contributed by atoms with Crippen LogP contribution in [0.2, 0.25) is 0 Å². The van der Waals surface area contributed by atoms with Crippen LogP contribution >= 0.6 is 11.3 Å². The molecule has 3 amide bonds. The van der Waals surface area contributed by atoms with Crippen molar-refractivity contribution >= 4 is 29.0 Å². The molecule has 0 bridgehead atoms. The zero-order valence-corrected chi connectivity index (χ0v) is 17.0. The largest absolute Gasteiger partial charge is 0.349 e. The second kappa shape index (κ2) is 9.04. The summed E-state index contributed by atoms with van der Waals surface area (Å²) in [4.78, 5) is 31.3. The number of halogens is 1. The summed E-state index contributed by atoms with van der Waals surface area (Å²) in [5.74, 6) is -0.641. The Morgan fingerprint density at radius 1 is 1.17 bits per heavy atom. The molecule has 0 aliphatic carbocycles. The zero-order valence-electron chi connectivity index (χ0n) is 16.2. The number of amides is 3. The molecule has 2 N–H and O–H groups in total. The van der Waals surface area contributed by atoms with Crippen LogP contribution in [0.3, 0.4) is 0 Å². The minimum atomic E-state index is -0.550. The molecule has 30 heavy (non-hydrogen) atoms. The van der Waals surface area contributed by atoms with Crippen LogP contribution in [0.25, 0.3) is 10.6 Å². The van der Waals surface area contributed by atoms with Gasteiger partial charge >= 0.3 is 6.03 Å². The first-order chi connectivity index (χ1) is 14.6. The number of likely N-dealkylation sites (tertiary alicyclic amines) is 1. The molecule has 2 aromatic carbocycles. The normalized spacial score (nSPS) is 15.8. The Bertz CT molecular complexity index is 1040. The van der Waals surface area contributed by atoms with E-state index >= 15 is 0 Å². The van der Waals surface area contributed by atoms with Crippen LogP contribution in [0, 0.1) is 5.82 Å². The van der Waals surface area contributed by atoms with Crippen LogP contribution in [-0.4, -0.2) is 34.4 Å². The SMILES string of the molecule is O=C(NCc1csc(-c2ccccc2)n1)C1CCCN1C(=O)Nc1cccc(F)c1. The molecule has 154 valence electrons. The molecule has 1 aromatic heterocycles. The number of nitrogens with one attached hydrogen (secondary N) is 2. The lowest BCUT2D eigenvalue weighted by molar-refractivity contribution is -0.124. The Morgan fingerprint density at radius 2 is 2.00 bits per heavy atom. The molecule has 6 nitrogen and oxygen atoms in total. The second-order valence-electron chi connectivity index (χ2n) is 7.02. The second-order valence-corrected chi connectivity index (χ2v) is 7.88. The van der Waals surface area contributed by atoms with E-state index in [-0.39, 0.29) is 5.91 Å². The molecule has 0 radical (unpaired) electrons. The van der Waals surface area contributed by atoms with E-state index in [9.17, 15) is 14.0 Å². The summed E-state index contributed by atoms with van der Waals surface area (Å²) in [6.45, 7) is 0.784. The van der Waals surface area contributed by atoms with Gasteiger partial charge in [0, 0.05) is 23.2 Å². The summed E-state index contributed by atoms with van der Waals surface area (Å²) in [5.41, 5.74) is 2.18. The predicted octanol–water partition coefficient (Wildman–Crippen LogP) is 4.26. The number of carbonyl (C=O) groups is 2. The van der Waals surface area contributed by atoms with Crippen molar-refractivity contribution in [2.24, 2.45) is 0 Å². The predicted molar refractivity (Wildman–Crippen MR) is 115 cm³/mol. The van der Waals surface area contributed by atoms with Gasteiger partial charge in [-0.3, -0.25) is 4.79 Å². The standard InChI is InChI=1S/C22H21FN4O2S/c23-16-8-4-9-17(12-16)26-22(29)27-11-5-10-19(27)20(28)24-13-18-14-30-21(25-18)15-6-2-1-3-7-15/h1-4,6-9,12,14,19H,5,10-11,13H2,(H,24,28)(H,26,29). The third-order valence-corrected chi connectivity index (χ3v) is 5.85. The molecule has 1 aliphatic heterocycles. The topological polar surface area (TPSA) is 74.3 Å². The van der Waals surface area contributed by atoms with Crippen molar-refractivity contribution in [3.05, 3.63) is 71.5 Å². The van der Waals surface area contributed by atoms with Crippen LogP contribution in [0.5, 0.6) is 0 Å². The summed E-state index contributed by atoms with van der Waals surface area (Å²) >= 11 is 1.53. The van der Waals surface area contributed by atoms with E-state index in [1.54, 1.807) is 6.07 Å². The van der Waals surface area contributed by atoms with Gasteiger partial charge < -0.3 is 15.5 Å². The summed E-state index contributed by atoms with van der Waals surface area (Å²) in [5, 5.41) is 8.37. The smallest absolute Gasteiger partial charge is 0.322 e. The Labute approximate surface area is 177 Å². The van der Waals surface area contributed by atoms with Gasteiger partial charge in [-0.15, -0.1) is 11.3 Å². The summed E-state index contributed by atoms with van der Waals surface area (Å²) in [7, 11) is 0. The number of anilines is 1. The third-order valence-electron chi connectivity index (χ3n) is 4.91. The molecule has 1 fully saturated rings. The lowest BCUT2D eigenvalue weighted by Gasteiger charge is -2.24. The van der Waals surface area contributed by atoms with Crippen molar-refractivity contribution in [2.75, 3.05) is 11.9 Å². The molecule has 1 aliphatic rings. The lowest BCUT2D eigenvalue weighted by Crippen LogP contribution is -2.47. The first-order valence-electron chi connectivity index (χ1n) is 9.71. The molecule has 3 aromatic rings. The van der Waals surface area contributed by atoms with Gasteiger partial charge in [0.25, 0.3) is 0 Å². The fourth-order valence-electron chi connectivity index (χ4n) is 3.44. The number of hydrogen-bond acceptors (Lipinski definition) is 4. The highest BCUT2D eigenvalue weighted by Crippen LogP contribution is 2.24. The van der Waals surface area contributed by atoms with Crippen molar-refractivity contribution in [2.45, 2.75) is 25.4 Å². The number of aromatic nitrogens is 1. The van der Waals surface area contributed by atoms with Crippen molar-refractivity contribution in [3.8, 4) is 10.6 Å². The van der Waals surface area contributed by atoms with Crippen LogP contribution in [0.4, 0.5) is 14.9 Å². The summed E-state index contributed by atoms with van der Waals surface area (Å²) in [6.07, 6.45) is 1.33. The maximum atomic E-state index is 13.3. The highest BCUT2D eigenvalue weighted by Gasteiger charge is 2.34. The maximum Gasteiger partial charge on any atom is 0.322 e. The highest BCUT2D eigenvalue weighted by molar-refractivity contribution is 7.13. The van der Waals surface area contributed by atoms with Crippen LogP contribution < -0.4 is 10.6 Å². The minimum absolute atomic E-state index is 0.212. The molecule has 1 unspecified atom stereocenters. The molecule has 0 saturated carbocycles. The Morgan fingerprint density at radius 3 is 2.80 bits per heavy atom. The average Bonchev–Trinajstić information content (AvgIpc) is 3.43. The molecule has 1 saturated heterocycles. The molecule has 1 atom stereocenters. The highest BCUT2D eigenvalue weighted by atomic mass is 32.1. The van der Waals surface area contributed by atoms with E-state index in [0.717, 1.165) is 22.7 Å². The fourth-order valence-corrected chi connectivity index (χ4v) is 4.27. The summed E-state index contributed by atoms with van der Waals surface area (Å²) in [6, 6.07) is 14.6. The van der Waals surface area contributed by atoms with Gasteiger partial charge in [0.05, 0.1) is 12.2 Å². The van der Waals surface area contributed by atoms with Gasteiger partial charge in [0.15, 0.2) is 0 Å². The number of hydrogen-bond donors (Lipinski definition) is 2. The lowest BCUT2D eigenvalue weighted by atomic mass is 10.2. The van der Waals surface area contributed by atoms with Gasteiger partial charge in [-0.1, -0.05) is 36.4 Å². The molecular weight excluding hydrogens is 403 g/mol. The fraction of sp³-hybridized carbons (Fsp3) is 0.227. The van der Waals surface area contributed by atoms with Crippen molar-refractivity contribution < 1.29 is 14.0 Å². The van der Waals surface area contributed by atoms with Gasteiger partial charge in [-0.2, -0.15) is 0 Å². The number of thiazole rings is 1. The summed E-state index contributed by atoms with van der Waals surface area (Å²) < 4.78 is 13.3. The van der Waals surface area contributed by atoms with E-state index in [0.29, 0.717) is 25.2 Å². The first-order valence-corrected chi connectivity index (χ1v) is 10.6. The monoisotopic (exact) mass is 424 g/mol. The molecular formula is C22H21FN4O2S. The van der Waals surface area contributed by atoms with E-state index in [4.69, 9.17) is 0 Å². The van der Waals surface area contributed by atoms with Crippen LogP contribution in [0.1, 0.15) is 18.5 Å². The van der Waals surface area contributed by atoms with Gasteiger partial charge in [-0.05, 0) is 31.0 Å². The molecule has 4 rings (SSSR count). The Kier molecular flexibility index (Phi) is 6.04.